The third-order valence-electron chi connectivity index (χ3n) is 13.7. The Kier molecular flexibility index (Phi) is 9.01. The molecule has 0 unspecified atom stereocenters. The van der Waals surface area contributed by atoms with Crippen molar-refractivity contribution < 1.29 is 38.1 Å². The Bertz CT molecular complexity index is 4360. The molecule has 0 spiro atoms. The normalized spacial score (nSPS) is 15.1. The van der Waals surface area contributed by atoms with Crippen molar-refractivity contribution in [2.75, 3.05) is 4.90 Å². The molecule has 5 aromatic heterocycles. The number of hydrogen-bond acceptors (Lipinski definition) is 5. The molecule has 0 N–H and O–H groups in total. The van der Waals surface area contributed by atoms with Crippen molar-refractivity contribution in [3.8, 4) is 28.6 Å². The summed E-state index contributed by atoms with van der Waals surface area (Å²) < 4.78 is 89.8. The number of benzene rings is 6. The van der Waals surface area contributed by atoms with Crippen LogP contribution >= 0.6 is 0 Å². The summed E-state index contributed by atoms with van der Waals surface area (Å²) in [5.74, 6) is 1.34. The van der Waals surface area contributed by atoms with E-state index in [4.69, 9.17) is 22.1 Å². The molecule has 72 heavy (non-hydrogen) atoms. The average molecular weight is 1130 g/mol. The number of fused-ring (bicyclic) bond motifs is 10. The summed E-state index contributed by atoms with van der Waals surface area (Å²) in [6.45, 7) is 3.86. The number of rotatable bonds is 5. The Balaban J connectivity index is 0.00000690. The molecule has 0 bridgehead atoms. The zero-order chi connectivity index (χ0) is 56.5. The number of hydrogen-bond donors (Lipinski definition) is 0. The van der Waals surface area contributed by atoms with Gasteiger partial charge in [-0.1, -0.05) is 165 Å². The monoisotopic (exact) mass is 1130 g/mol. The maximum Gasteiger partial charge on any atom is 0.135 e. The van der Waals surface area contributed by atoms with Crippen molar-refractivity contribution in [3.05, 3.63) is 200 Å². The fourth-order valence-electron chi connectivity index (χ4n) is 10.1. The minimum atomic E-state index is -3.48. The van der Waals surface area contributed by atoms with Gasteiger partial charge in [0, 0.05) is 63.3 Å². The number of anilines is 2. The van der Waals surface area contributed by atoms with E-state index in [-0.39, 0.29) is 37.9 Å². The molecule has 0 aliphatic carbocycles. The van der Waals surface area contributed by atoms with Crippen molar-refractivity contribution in [1.82, 2.24) is 24.1 Å². The average Bonchev–Trinajstić information content (AvgIpc) is 4.19. The van der Waals surface area contributed by atoms with Crippen LogP contribution in [0, 0.1) is 18.8 Å². The van der Waals surface area contributed by atoms with E-state index in [1.165, 1.54) is 12.1 Å². The van der Waals surface area contributed by atoms with Crippen molar-refractivity contribution in [3.63, 3.8) is 0 Å². The summed E-state index contributed by atoms with van der Waals surface area (Å²) >= 11 is 0. The van der Waals surface area contributed by atoms with E-state index in [0.717, 1.165) is 76.7 Å². The van der Waals surface area contributed by atoms with Crippen LogP contribution in [0.4, 0.5) is 11.4 Å². The fraction of sp³-hybridized carbons (Fsp3) is 0.188. The molecule has 0 radical (unpaired) electrons. The first-order valence-electron chi connectivity index (χ1n) is 28.2. The molecular formula is C64H55N6OPt-3. The molecule has 0 saturated carbocycles. The van der Waals surface area contributed by atoms with E-state index in [0.29, 0.717) is 33.6 Å². The molecule has 6 heterocycles. The summed E-state index contributed by atoms with van der Waals surface area (Å²) in [6, 6.07) is 52.2. The zero-order valence-corrected chi connectivity index (χ0v) is 42.8. The van der Waals surface area contributed by atoms with E-state index in [2.05, 4.69) is 88.4 Å². The summed E-state index contributed by atoms with van der Waals surface area (Å²) in [7, 11) is 0. The van der Waals surface area contributed by atoms with Crippen LogP contribution < -0.4 is 9.64 Å². The van der Waals surface area contributed by atoms with Gasteiger partial charge in [0.05, 0.1) is 0 Å². The van der Waals surface area contributed by atoms with E-state index in [1.54, 1.807) is 12.4 Å². The van der Waals surface area contributed by atoms with Gasteiger partial charge >= 0.3 is 0 Å². The molecule has 6 aromatic carbocycles. The zero-order valence-electron chi connectivity index (χ0n) is 49.6. The van der Waals surface area contributed by atoms with E-state index >= 15 is 0 Å². The number of nitrogens with zero attached hydrogens (tertiary/aromatic N) is 6. The predicted octanol–water partition coefficient (Wildman–Crippen LogP) is 16.6. The molecule has 8 heteroatoms. The van der Waals surface area contributed by atoms with Crippen LogP contribution in [0.5, 0.6) is 11.6 Å². The van der Waals surface area contributed by atoms with E-state index in [1.807, 2.05) is 136 Å². The van der Waals surface area contributed by atoms with E-state index < -0.39 is 31.4 Å². The van der Waals surface area contributed by atoms with Crippen LogP contribution in [0.3, 0.4) is 0 Å². The van der Waals surface area contributed by atoms with Crippen LogP contribution in [-0.4, -0.2) is 24.1 Å². The van der Waals surface area contributed by atoms with Crippen LogP contribution in [0.1, 0.15) is 91.1 Å². The second-order valence-electron chi connectivity index (χ2n) is 20.4. The first kappa shape index (κ1) is 37.3. The largest absolute Gasteiger partial charge is 0.484 e. The Morgan fingerprint density at radius 2 is 1.19 bits per heavy atom. The Labute approximate surface area is 448 Å². The topological polar surface area (TPSA) is 61.0 Å². The maximum atomic E-state index is 8.78. The van der Waals surface area contributed by atoms with Gasteiger partial charge < -0.3 is 18.8 Å². The molecular weight excluding hydrogens is 1060 g/mol. The summed E-state index contributed by atoms with van der Waals surface area (Å²) in [4.78, 5) is 16.0. The molecule has 1 aliphatic rings. The SMILES string of the molecule is [2H]C([2H])([2H])C(c1cc(-c2cccc3c4ccccc4c4ccccc4c4cccc5c4n(c23)[CH-]N5c2[c-]c(Oc3[c-]c4c(cc3)c3cnccc3n4-c3cc(C(C)(C)C)ccn3)ncc2)cc(C(C)(C)C)c1)(C([2H])([2H])[2H])C([2H])([2H])[2H].[Pt]. The second kappa shape index (κ2) is 17.4. The molecule has 1 aliphatic heterocycles. The summed E-state index contributed by atoms with van der Waals surface area (Å²) in [5, 5.41) is 7.44. The van der Waals surface area contributed by atoms with Crippen LogP contribution in [-0.2, 0) is 37.3 Å². The number of para-hydroxylation sites is 2. The van der Waals surface area contributed by atoms with Crippen LogP contribution in [0.2, 0.25) is 0 Å². The van der Waals surface area contributed by atoms with Gasteiger partial charge in [-0.05, 0) is 136 Å². The first-order chi connectivity index (χ1) is 37.8. The Hall–Kier alpha value is -7.47. The van der Waals surface area contributed by atoms with Gasteiger partial charge in [0.1, 0.15) is 11.7 Å². The Morgan fingerprint density at radius 1 is 0.556 bits per heavy atom. The molecule has 360 valence electrons. The van der Waals surface area contributed by atoms with Crippen molar-refractivity contribution in [1.29, 1.82) is 0 Å². The second-order valence-corrected chi connectivity index (χ2v) is 20.4. The fourth-order valence-corrected chi connectivity index (χ4v) is 10.1. The quantitative estimate of drug-likeness (QED) is 0.161. The standard InChI is InChI=1S/C64H55N6O.Pt/c1-62(2,3)41-26-30-66-58(35-41)70-55-28-29-65-38-54(55)51-25-24-45(37-57(51)70)71-59-36-44(27-31-67-59)68-39-69-60-46(40-32-42(63(4,5)6)34-43(33-40)64(7,8)9)20-14-21-52(60)49-18-12-10-16-47(49)48-17-11-13-19-50(48)53-22-15-23-56(68)61(53)69;/h10-35,38-39H,1-9H3;/q-3;/i4D3,5D3,6D3;. The maximum absolute atomic E-state index is 8.78. The van der Waals surface area contributed by atoms with Gasteiger partial charge in [-0.15, -0.1) is 23.2 Å². The minimum absolute atomic E-state index is 0. The summed E-state index contributed by atoms with van der Waals surface area (Å²) in [6.07, 6.45) is 7.12. The third kappa shape index (κ3) is 7.95. The number of pyridine rings is 3. The van der Waals surface area contributed by atoms with Crippen LogP contribution in [0.15, 0.2) is 164 Å². The first-order valence-corrected chi connectivity index (χ1v) is 23.7. The van der Waals surface area contributed by atoms with Crippen molar-refractivity contribution >= 4 is 76.5 Å². The van der Waals surface area contributed by atoms with Gasteiger partial charge in [-0.3, -0.25) is 9.97 Å². The molecule has 11 aromatic rings. The van der Waals surface area contributed by atoms with Gasteiger partial charge in [-0.25, -0.2) is 4.98 Å². The molecule has 12 rings (SSSR count). The predicted molar refractivity (Wildman–Crippen MR) is 294 cm³/mol. The van der Waals surface area contributed by atoms with Gasteiger partial charge in [-0.2, -0.15) is 18.2 Å². The molecule has 0 fully saturated rings. The van der Waals surface area contributed by atoms with Gasteiger partial charge in [0.25, 0.3) is 0 Å². The number of ether oxygens (including phenoxy) is 1. The van der Waals surface area contributed by atoms with Gasteiger partial charge in [0.2, 0.25) is 0 Å². The molecule has 0 amide bonds. The van der Waals surface area contributed by atoms with Crippen LogP contribution in [0.25, 0.3) is 82.1 Å². The van der Waals surface area contributed by atoms with Crippen molar-refractivity contribution in [2.45, 2.75) is 78.3 Å². The smallest absolute Gasteiger partial charge is 0.135 e. The Morgan fingerprint density at radius 3 is 1.89 bits per heavy atom. The minimum Gasteiger partial charge on any atom is -0.484 e. The van der Waals surface area contributed by atoms with Crippen molar-refractivity contribution in [2.24, 2.45) is 0 Å². The van der Waals surface area contributed by atoms with E-state index in [9.17, 15) is 0 Å². The summed E-state index contributed by atoms with van der Waals surface area (Å²) in [5.41, 5.74) is 2.94. The molecule has 7 nitrogen and oxygen atoms in total. The molecule has 0 atom stereocenters. The number of aromatic nitrogens is 5. The third-order valence-corrected chi connectivity index (χ3v) is 13.7. The van der Waals surface area contributed by atoms with Gasteiger partial charge in [0.15, 0.2) is 0 Å². The molecule has 0 saturated heterocycles.